The first kappa shape index (κ1) is 19.8. The molecule has 2 heterocycles. The third-order valence-electron chi connectivity index (χ3n) is 4.98. The van der Waals surface area contributed by atoms with Crippen LogP contribution in [-0.2, 0) is 30.8 Å². The summed E-state index contributed by atoms with van der Waals surface area (Å²) in [5, 5.41) is 0. The van der Waals surface area contributed by atoms with Crippen LogP contribution >= 0.6 is 0 Å². The molecule has 1 fully saturated rings. The van der Waals surface area contributed by atoms with Crippen molar-refractivity contribution in [3.05, 3.63) is 23.8 Å². The second-order valence-corrected chi connectivity index (χ2v) is 8.86. The first-order chi connectivity index (χ1) is 12.8. The van der Waals surface area contributed by atoms with Crippen LogP contribution in [0.2, 0.25) is 0 Å². The maximum absolute atomic E-state index is 12.9. The smallest absolute Gasteiger partial charge is 0.243 e. The van der Waals surface area contributed by atoms with Gasteiger partial charge in [0.05, 0.1) is 24.7 Å². The van der Waals surface area contributed by atoms with Crippen molar-refractivity contribution in [1.82, 2.24) is 9.21 Å². The van der Waals surface area contributed by atoms with Crippen LogP contribution in [0.1, 0.15) is 18.9 Å². The summed E-state index contributed by atoms with van der Waals surface area (Å²) in [7, 11) is -2.38. The molecule has 0 radical (unpaired) electrons. The lowest BCUT2D eigenvalue weighted by atomic mass is 10.0. The number of anilines is 1. The Morgan fingerprint density at radius 2 is 1.89 bits per heavy atom. The van der Waals surface area contributed by atoms with Gasteiger partial charge in [-0.2, -0.15) is 4.31 Å². The molecule has 2 aliphatic heterocycles. The summed E-state index contributed by atoms with van der Waals surface area (Å²) in [5.74, 6) is -0.287. The molecule has 2 aliphatic rings. The van der Waals surface area contributed by atoms with Gasteiger partial charge in [0, 0.05) is 39.3 Å². The molecule has 8 nitrogen and oxygen atoms in total. The second kappa shape index (κ2) is 7.95. The van der Waals surface area contributed by atoms with Crippen LogP contribution in [0.3, 0.4) is 0 Å². The van der Waals surface area contributed by atoms with Gasteiger partial charge in [0.1, 0.15) is 0 Å². The van der Waals surface area contributed by atoms with Crippen molar-refractivity contribution in [2.45, 2.75) is 24.7 Å². The molecule has 3 rings (SSSR count). The molecule has 1 saturated heterocycles. The van der Waals surface area contributed by atoms with E-state index in [9.17, 15) is 18.0 Å². The number of morpholine rings is 1. The summed E-state index contributed by atoms with van der Waals surface area (Å²) in [6, 6.07) is 4.81. The minimum absolute atomic E-state index is 0.0558. The number of nitrogens with zero attached hydrogens (tertiary/aromatic N) is 3. The van der Waals surface area contributed by atoms with Crippen molar-refractivity contribution in [2.75, 3.05) is 51.3 Å². The Morgan fingerprint density at radius 3 is 2.56 bits per heavy atom. The molecule has 148 valence electrons. The first-order valence-electron chi connectivity index (χ1n) is 9.03. The molecular formula is C18H25N3O5S. The zero-order valence-electron chi connectivity index (χ0n) is 15.7. The van der Waals surface area contributed by atoms with Crippen molar-refractivity contribution in [3.63, 3.8) is 0 Å². The summed E-state index contributed by atoms with van der Waals surface area (Å²) < 4.78 is 32.1. The summed E-state index contributed by atoms with van der Waals surface area (Å²) in [6.07, 6.45) is 1.51. The molecule has 0 N–H and O–H groups in total. The molecule has 0 aliphatic carbocycles. The Morgan fingerprint density at radius 1 is 1.19 bits per heavy atom. The maximum Gasteiger partial charge on any atom is 0.243 e. The van der Waals surface area contributed by atoms with Crippen molar-refractivity contribution in [2.24, 2.45) is 0 Å². The van der Waals surface area contributed by atoms with Gasteiger partial charge < -0.3 is 14.5 Å². The van der Waals surface area contributed by atoms with Crippen molar-refractivity contribution >= 4 is 27.5 Å². The number of hydrogen-bond donors (Lipinski definition) is 0. The quantitative estimate of drug-likeness (QED) is 0.739. The van der Waals surface area contributed by atoms with Gasteiger partial charge in [-0.3, -0.25) is 9.59 Å². The van der Waals surface area contributed by atoms with Crippen LogP contribution < -0.4 is 4.90 Å². The van der Waals surface area contributed by atoms with Crippen LogP contribution in [0.15, 0.2) is 23.1 Å². The first-order valence-corrected chi connectivity index (χ1v) is 10.5. The van der Waals surface area contributed by atoms with E-state index in [4.69, 9.17) is 4.74 Å². The predicted molar refractivity (Wildman–Crippen MR) is 100 cm³/mol. The number of ether oxygens (including phenoxy) is 1. The molecule has 0 aromatic heterocycles. The van der Waals surface area contributed by atoms with E-state index in [1.54, 1.807) is 21.9 Å². The summed E-state index contributed by atoms with van der Waals surface area (Å²) in [4.78, 5) is 27.6. The topological polar surface area (TPSA) is 87.2 Å². The fourth-order valence-electron chi connectivity index (χ4n) is 3.43. The van der Waals surface area contributed by atoms with E-state index >= 15 is 0 Å². The fraction of sp³-hybridized carbons (Fsp3) is 0.556. The van der Waals surface area contributed by atoms with Gasteiger partial charge in [-0.1, -0.05) is 0 Å². The van der Waals surface area contributed by atoms with Crippen molar-refractivity contribution in [3.8, 4) is 0 Å². The monoisotopic (exact) mass is 395 g/mol. The maximum atomic E-state index is 12.9. The normalized spacial score (nSPS) is 17.7. The number of rotatable bonds is 4. The van der Waals surface area contributed by atoms with Gasteiger partial charge in [0.15, 0.2) is 0 Å². The van der Waals surface area contributed by atoms with E-state index in [0.717, 1.165) is 28.4 Å². The molecule has 0 saturated carbocycles. The number of carbonyl (C=O) groups is 2. The lowest BCUT2D eigenvalue weighted by molar-refractivity contribution is -0.135. The number of sulfonamides is 1. The minimum atomic E-state index is -3.79. The van der Waals surface area contributed by atoms with E-state index in [1.165, 1.54) is 20.0 Å². The lowest BCUT2D eigenvalue weighted by Gasteiger charge is -2.30. The molecule has 9 heteroatoms. The Hall–Kier alpha value is -1.97. The average Bonchev–Trinajstić information content (AvgIpc) is 2.67. The van der Waals surface area contributed by atoms with E-state index in [1.807, 2.05) is 0 Å². The molecule has 1 aromatic carbocycles. The molecule has 0 spiro atoms. The van der Waals surface area contributed by atoms with Gasteiger partial charge in [-0.05, 0) is 36.6 Å². The number of likely N-dealkylation sites (N-methyl/N-ethyl adjacent to an activating group) is 1. The van der Waals surface area contributed by atoms with Gasteiger partial charge in [-0.25, -0.2) is 8.42 Å². The highest BCUT2D eigenvalue weighted by atomic mass is 32.2. The lowest BCUT2D eigenvalue weighted by Crippen LogP contribution is -2.46. The predicted octanol–water partition coefficient (Wildman–Crippen LogP) is 0.465. The number of hydrogen-bond acceptors (Lipinski definition) is 5. The van der Waals surface area contributed by atoms with Crippen LogP contribution in [0, 0.1) is 0 Å². The zero-order chi connectivity index (χ0) is 19.6. The molecule has 27 heavy (non-hydrogen) atoms. The number of aryl methyl sites for hydroxylation is 1. The third kappa shape index (κ3) is 4.15. The fourth-order valence-corrected chi connectivity index (χ4v) is 4.60. The largest absolute Gasteiger partial charge is 0.378 e. The van der Waals surface area contributed by atoms with Gasteiger partial charge in [0.25, 0.3) is 0 Å². The van der Waals surface area contributed by atoms with E-state index in [-0.39, 0.29) is 23.3 Å². The van der Waals surface area contributed by atoms with Crippen LogP contribution in [0.5, 0.6) is 0 Å². The van der Waals surface area contributed by atoms with E-state index in [2.05, 4.69) is 0 Å². The average molecular weight is 395 g/mol. The SMILES string of the molecule is CC(=O)N1CCCc2cc(S(=O)(=O)N(C)CC(=O)N3CCOCC3)ccc21. The molecular weight excluding hydrogens is 370 g/mol. The van der Waals surface area contributed by atoms with Gasteiger partial charge in [0.2, 0.25) is 21.8 Å². The second-order valence-electron chi connectivity index (χ2n) is 6.82. The Bertz CT molecular complexity index is 833. The third-order valence-corrected chi connectivity index (χ3v) is 6.78. The summed E-state index contributed by atoms with van der Waals surface area (Å²) in [5.41, 5.74) is 1.60. The van der Waals surface area contributed by atoms with Crippen LogP contribution in [0.4, 0.5) is 5.69 Å². The van der Waals surface area contributed by atoms with E-state index < -0.39 is 10.0 Å². The van der Waals surface area contributed by atoms with Gasteiger partial charge >= 0.3 is 0 Å². The standard InChI is InChI=1S/C18H25N3O5S/c1-14(22)21-7-3-4-15-12-16(5-6-17(15)21)27(24,25)19(2)13-18(23)20-8-10-26-11-9-20/h5-6,12H,3-4,7-11,13H2,1-2H3. The highest BCUT2D eigenvalue weighted by molar-refractivity contribution is 7.89. The molecule has 2 amide bonds. The Balaban J connectivity index is 1.78. The highest BCUT2D eigenvalue weighted by Crippen LogP contribution is 2.30. The minimum Gasteiger partial charge on any atom is -0.378 e. The van der Waals surface area contributed by atoms with Crippen molar-refractivity contribution in [1.29, 1.82) is 0 Å². The Labute approximate surface area is 159 Å². The molecule has 0 bridgehead atoms. The zero-order valence-corrected chi connectivity index (χ0v) is 16.5. The molecule has 0 unspecified atom stereocenters. The van der Waals surface area contributed by atoms with Gasteiger partial charge in [-0.15, -0.1) is 0 Å². The number of carbonyl (C=O) groups excluding carboxylic acids is 2. The molecule has 0 atom stereocenters. The van der Waals surface area contributed by atoms with Crippen molar-refractivity contribution < 1.29 is 22.7 Å². The van der Waals surface area contributed by atoms with Crippen LogP contribution in [-0.4, -0.2) is 75.9 Å². The number of amides is 2. The Kier molecular flexibility index (Phi) is 5.83. The number of fused-ring (bicyclic) bond motifs is 1. The number of benzene rings is 1. The van der Waals surface area contributed by atoms with E-state index in [0.29, 0.717) is 32.8 Å². The summed E-state index contributed by atoms with van der Waals surface area (Å²) >= 11 is 0. The molecule has 1 aromatic rings. The van der Waals surface area contributed by atoms with Crippen LogP contribution in [0.25, 0.3) is 0 Å². The highest BCUT2D eigenvalue weighted by Gasteiger charge is 2.28. The summed E-state index contributed by atoms with van der Waals surface area (Å²) in [6.45, 7) is 3.84.